The number of allylic oxidation sites excluding steroid dienone is 2. The Morgan fingerprint density at radius 3 is 1.21 bits per heavy atom. The molecular formula is C68H98N2Ni. The molecule has 0 atom stereocenters. The second-order valence-corrected chi connectivity index (χ2v) is 19.8. The van der Waals surface area contributed by atoms with Crippen LogP contribution >= 0.6 is 0 Å². The number of nitrogens with zero attached hydrogens (tertiary/aromatic N) is 2. The van der Waals surface area contributed by atoms with Crippen molar-refractivity contribution in [1.29, 1.82) is 0 Å². The maximum Gasteiger partial charge on any atom is 2.00 e. The Morgan fingerprint density at radius 1 is 0.408 bits per heavy atom. The van der Waals surface area contributed by atoms with Gasteiger partial charge in [-0.3, -0.25) is 0 Å². The molecule has 1 aliphatic heterocycles. The molecule has 0 aromatic heterocycles. The first-order valence-electron chi connectivity index (χ1n) is 28.8. The van der Waals surface area contributed by atoms with Gasteiger partial charge in [0.2, 0.25) is 11.4 Å². The van der Waals surface area contributed by atoms with Crippen LogP contribution < -0.4 is 0 Å². The smallest absolute Gasteiger partial charge is 0.493 e. The summed E-state index contributed by atoms with van der Waals surface area (Å²) < 4.78 is 1.47. The predicted molar refractivity (Wildman–Crippen MR) is 309 cm³/mol. The second kappa shape index (κ2) is 42.5. The first-order valence-corrected chi connectivity index (χ1v) is 28.8. The molecule has 3 heteroatoms. The molecule has 0 saturated heterocycles. The normalized spacial score (nSPS) is 11.9. The third-order valence-corrected chi connectivity index (χ3v) is 13.8. The van der Waals surface area contributed by atoms with E-state index in [1.807, 2.05) is 36.4 Å². The largest absolute Gasteiger partial charge is 2.00 e. The van der Waals surface area contributed by atoms with Gasteiger partial charge in [0.1, 0.15) is 5.57 Å². The van der Waals surface area contributed by atoms with Crippen molar-refractivity contribution in [2.75, 3.05) is 0 Å². The minimum atomic E-state index is 0. The van der Waals surface area contributed by atoms with Crippen molar-refractivity contribution in [3.05, 3.63) is 173 Å². The van der Waals surface area contributed by atoms with Crippen LogP contribution in [0.25, 0.3) is 16.9 Å². The third-order valence-electron chi connectivity index (χ3n) is 13.8. The molecule has 71 heavy (non-hydrogen) atoms. The molecular weight excluding hydrogens is 903 g/mol. The van der Waals surface area contributed by atoms with Crippen molar-refractivity contribution in [2.45, 2.75) is 233 Å². The van der Waals surface area contributed by atoms with E-state index in [1.54, 1.807) is 0 Å². The van der Waals surface area contributed by atoms with Crippen molar-refractivity contribution < 1.29 is 21.2 Å². The predicted octanol–water partition coefficient (Wildman–Crippen LogP) is 21.1. The molecule has 4 aromatic carbocycles. The topological polar surface area (TPSA) is 25.3 Å². The Balaban J connectivity index is 0.000000852. The molecule has 0 bridgehead atoms. The van der Waals surface area contributed by atoms with Gasteiger partial charge >= 0.3 is 16.5 Å². The van der Waals surface area contributed by atoms with Crippen LogP contribution in [-0.2, 0) is 42.2 Å². The molecule has 0 fully saturated rings. The van der Waals surface area contributed by atoms with E-state index in [2.05, 4.69) is 126 Å². The fraction of sp³-hybridized carbons (Fsp3) is 0.529. The van der Waals surface area contributed by atoms with Gasteiger partial charge in [-0.15, -0.1) is 0 Å². The molecule has 1 aliphatic rings. The van der Waals surface area contributed by atoms with Gasteiger partial charge in [0.05, 0.1) is 0 Å². The van der Waals surface area contributed by atoms with E-state index in [0.29, 0.717) is 0 Å². The summed E-state index contributed by atoms with van der Waals surface area (Å²) in [6.07, 6.45) is 41.2. The first-order chi connectivity index (χ1) is 34.5. The molecule has 0 aliphatic carbocycles. The molecule has 4 aromatic rings. The average Bonchev–Trinajstić information content (AvgIpc) is 3.69. The fourth-order valence-electron chi connectivity index (χ4n) is 9.36. The third kappa shape index (κ3) is 27.0. The average molecular weight is 1000 g/mol. The molecule has 0 spiro atoms. The molecule has 5 rings (SSSR count). The van der Waals surface area contributed by atoms with E-state index in [-0.39, 0.29) is 16.5 Å². The van der Waals surface area contributed by atoms with Crippen molar-refractivity contribution in [3.63, 3.8) is 0 Å². The number of hydrogen-bond donors (Lipinski definition) is 0. The van der Waals surface area contributed by atoms with Gasteiger partial charge in [0.15, 0.2) is 0 Å². The maximum absolute atomic E-state index is 12.0. The maximum atomic E-state index is 12.0. The van der Waals surface area contributed by atoms with Gasteiger partial charge in [0.25, 0.3) is 0 Å². The molecule has 0 amide bonds. The molecule has 0 unspecified atom stereocenters. The van der Waals surface area contributed by atoms with Gasteiger partial charge in [-0.05, 0) is 73.9 Å². The summed E-state index contributed by atoms with van der Waals surface area (Å²) in [6, 6.07) is 37.9. The summed E-state index contributed by atoms with van der Waals surface area (Å²) in [6.45, 7) is 16.5. The zero-order valence-electron chi connectivity index (χ0n) is 45.6. The monoisotopic (exact) mass is 1000 g/mol. The van der Waals surface area contributed by atoms with Crippen LogP contribution in [0.5, 0.6) is 0 Å². The molecule has 1 heterocycles. The van der Waals surface area contributed by atoms with Crippen molar-refractivity contribution >= 4 is 11.4 Å². The van der Waals surface area contributed by atoms with Crippen LogP contribution in [0.2, 0.25) is 0 Å². The molecule has 390 valence electrons. The summed E-state index contributed by atoms with van der Waals surface area (Å²) in [5.74, 6) is 7.22. The van der Waals surface area contributed by atoms with E-state index in [9.17, 15) is 5.53 Å². The van der Waals surface area contributed by atoms with Crippen LogP contribution in [-0.4, -0.2) is 4.70 Å². The van der Waals surface area contributed by atoms with Crippen LogP contribution in [0, 0.1) is 25.7 Å². The zero-order valence-corrected chi connectivity index (χ0v) is 46.6. The summed E-state index contributed by atoms with van der Waals surface area (Å²) in [4.78, 5) is 0. The minimum absolute atomic E-state index is 0. The Morgan fingerprint density at radius 2 is 0.789 bits per heavy atom. The van der Waals surface area contributed by atoms with Gasteiger partial charge < -0.3 is 19.4 Å². The zero-order chi connectivity index (χ0) is 50.1. The number of benzene rings is 4. The summed E-state index contributed by atoms with van der Waals surface area (Å²) >= 11 is 0. The molecule has 0 saturated carbocycles. The van der Waals surface area contributed by atoms with Crippen LogP contribution in [0.1, 0.15) is 241 Å². The summed E-state index contributed by atoms with van der Waals surface area (Å²) in [7, 11) is 0. The number of unbranched alkanes of at least 4 members (excludes halogenated alkanes) is 24. The molecule has 0 radical (unpaired) electrons. The van der Waals surface area contributed by atoms with Gasteiger partial charge in [-0.1, -0.05) is 283 Å². The van der Waals surface area contributed by atoms with E-state index < -0.39 is 0 Å². The Labute approximate surface area is 448 Å². The van der Waals surface area contributed by atoms with E-state index in [4.69, 9.17) is 0 Å². The van der Waals surface area contributed by atoms with Crippen LogP contribution in [0.4, 0.5) is 0 Å². The van der Waals surface area contributed by atoms with E-state index >= 15 is 0 Å². The Kier molecular flexibility index (Phi) is 37.8. The van der Waals surface area contributed by atoms with Crippen molar-refractivity contribution in [2.24, 2.45) is 0 Å². The SMILES string of the molecule is CCCCCCCCCCCCCCCCCCCCCCCCC#CC1=C(c2cccc(CC)c2)[N+](=[N-])C(c2cccc(CCCC)c2)=C1CCCC.[CH2-]Cc1ccccc1.[CH2-]Cc1ccccc1.[Ni+2]. The quantitative estimate of drug-likeness (QED) is 0.0149. The second-order valence-electron chi connectivity index (χ2n) is 19.8. The Hall–Kier alpha value is -3.99. The van der Waals surface area contributed by atoms with Crippen LogP contribution in [0.15, 0.2) is 120 Å². The van der Waals surface area contributed by atoms with Gasteiger partial charge in [0, 0.05) is 23.1 Å². The fourth-order valence-corrected chi connectivity index (χ4v) is 9.36. The van der Waals surface area contributed by atoms with Gasteiger partial charge in [-0.2, -0.15) is 12.8 Å². The number of hydrogen-bond acceptors (Lipinski definition) is 0. The molecule has 2 nitrogen and oxygen atoms in total. The minimum Gasteiger partial charge on any atom is -0.493 e. The van der Waals surface area contributed by atoms with Gasteiger partial charge in [-0.25, -0.2) is 4.70 Å². The van der Waals surface area contributed by atoms with E-state index in [1.165, 1.54) is 180 Å². The number of aryl methyl sites for hydroxylation is 2. The van der Waals surface area contributed by atoms with Crippen molar-refractivity contribution in [3.8, 4) is 11.8 Å². The Bertz CT molecular complexity index is 2030. The van der Waals surface area contributed by atoms with Crippen LogP contribution in [0.3, 0.4) is 0 Å². The number of rotatable bonds is 33. The standard InChI is InChI=1S/C52H80N2.2C8H9.Ni/c1-5-9-12-13-14-15-16-17-18-19-20-21-22-23-24-25-26-27-28-29-30-31-32-33-42-50-49(41-11-7-3)52(48-40-35-38-46(44-48)36-10-6-2)54(53)51(50)47-39-34-37-45(8-4)43-47;2*1-2-8-6-4-3-5-7-8;/h34-35,37-40,43-44H,5-32,36,41H2,1-4H3;2*3-7H,1-2H2;/q;2*-1;+2. The van der Waals surface area contributed by atoms with E-state index in [0.717, 1.165) is 85.9 Å². The first kappa shape index (κ1) is 63.1. The molecule has 0 N–H and O–H groups in total. The van der Waals surface area contributed by atoms with Crippen molar-refractivity contribution in [1.82, 2.24) is 0 Å². The summed E-state index contributed by atoms with van der Waals surface area (Å²) in [5.41, 5.74) is 23.3. The summed E-state index contributed by atoms with van der Waals surface area (Å²) in [5, 5.41) is 0.